The summed E-state index contributed by atoms with van der Waals surface area (Å²) < 4.78 is 0. The van der Waals surface area contributed by atoms with E-state index >= 15 is 0 Å². The van der Waals surface area contributed by atoms with Gasteiger partial charge in [0, 0.05) is 42.7 Å². The molecule has 1 atom stereocenters. The van der Waals surface area contributed by atoms with E-state index in [9.17, 15) is 9.59 Å². The lowest BCUT2D eigenvalue weighted by molar-refractivity contribution is -0.138. The molecule has 162 valence electrons. The molecule has 1 unspecified atom stereocenters. The molecule has 1 aromatic heterocycles. The third-order valence-electron chi connectivity index (χ3n) is 5.60. The summed E-state index contributed by atoms with van der Waals surface area (Å²) in [6.07, 6.45) is 1.85. The summed E-state index contributed by atoms with van der Waals surface area (Å²) in [6.45, 7) is 2.64. The van der Waals surface area contributed by atoms with Crippen molar-refractivity contribution in [2.75, 3.05) is 6.54 Å². The fourth-order valence-corrected chi connectivity index (χ4v) is 4.02. The summed E-state index contributed by atoms with van der Waals surface area (Å²) in [5, 5.41) is 4.20. The van der Waals surface area contributed by atoms with Crippen molar-refractivity contribution >= 4 is 22.6 Å². The topological polar surface area (TPSA) is 65.2 Å². The second-order valence-electron chi connectivity index (χ2n) is 7.88. The van der Waals surface area contributed by atoms with Gasteiger partial charge in [-0.15, -0.1) is 0 Å². The highest BCUT2D eigenvalue weighted by molar-refractivity contribution is 5.96. The van der Waals surface area contributed by atoms with Gasteiger partial charge in [0.25, 0.3) is 0 Å². The summed E-state index contributed by atoms with van der Waals surface area (Å²) in [7, 11) is 0. The van der Waals surface area contributed by atoms with Crippen LogP contribution in [-0.4, -0.2) is 28.1 Å². The lowest BCUT2D eigenvalue weighted by Gasteiger charge is -2.30. The highest BCUT2D eigenvalue weighted by Gasteiger charge is 2.31. The average Bonchev–Trinajstić information content (AvgIpc) is 3.24. The lowest BCUT2D eigenvalue weighted by atomic mass is 9.98. The number of ketones is 1. The van der Waals surface area contributed by atoms with Crippen LogP contribution in [0.2, 0.25) is 0 Å². The number of aromatic amines is 1. The Morgan fingerprint density at radius 2 is 1.50 bits per heavy atom. The zero-order valence-electron chi connectivity index (χ0n) is 18.1. The van der Waals surface area contributed by atoms with Crippen molar-refractivity contribution < 1.29 is 9.59 Å². The Hall–Kier alpha value is -3.70. The number of carbonyl (C=O) groups excluding carboxylic acids is 2. The van der Waals surface area contributed by atoms with Crippen molar-refractivity contribution in [1.29, 1.82) is 0 Å². The monoisotopic (exact) mass is 425 g/mol. The first-order valence-corrected chi connectivity index (χ1v) is 10.8. The number of amides is 1. The van der Waals surface area contributed by atoms with Gasteiger partial charge in [-0.1, -0.05) is 78.9 Å². The highest BCUT2D eigenvalue weighted by atomic mass is 16.2. The Morgan fingerprint density at radius 3 is 2.19 bits per heavy atom. The molecule has 5 heteroatoms. The summed E-state index contributed by atoms with van der Waals surface area (Å²) in [4.78, 5) is 31.2. The third kappa shape index (κ3) is 4.95. The Labute approximate surface area is 188 Å². The number of nitrogens with one attached hydrogen (secondary N) is 2. The van der Waals surface area contributed by atoms with Crippen molar-refractivity contribution in [3.63, 3.8) is 0 Å². The standard InChI is InChI=1S/C27H27N3O2/c1-20(31)30(19-22-12-6-3-7-13-22)27(24-17-29-25-15-9-8-14-23(24)25)26(32)18-28-16-21-10-4-2-5-11-21/h2-15,17,27-29H,16,18-19H2,1H3. The minimum absolute atomic E-state index is 0.0446. The van der Waals surface area contributed by atoms with Crippen molar-refractivity contribution in [3.05, 3.63) is 108 Å². The zero-order chi connectivity index (χ0) is 22.3. The normalized spacial score (nSPS) is 11.9. The van der Waals surface area contributed by atoms with Crippen LogP contribution in [0.3, 0.4) is 0 Å². The van der Waals surface area contributed by atoms with E-state index in [0.717, 1.165) is 27.6 Å². The number of nitrogens with zero attached hydrogens (tertiary/aromatic N) is 1. The van der Waals surface area contributed by atoms with Gasteiger partial charge in [-0.2, -0.15) is 0 Å². The molecular formula is C27H27N3O2. The van der Waals surface area contributed by atoms with Crippen molar-refractivity contribution in [1.82, 2.24) is 15.2 Å². The van der Waals surface area contributed by atoms with Crippen LogP contribution in [0.25, 0.3) is 10.9 Å². The fraction of sp³-hybridized carbons (Fsp3) is 0.185. The molecule has 1 heterocycles. The number of H-pyrrole nitrogens is 1. The zero-order valence-corrected chi connectivity index (χ0v) is 18.1. The van der Waals surface area contributed by atoms with Crippen LogP contribution in [-0.2, 0) is 22.7 Å². The van der Waals surface area contributed by atoms with Crippen LogP contribution in [0.15, 0.2) is 91.1 Å². The molecule has 0 fully saturated rings. The van der Waals surface area contributed by atoms with E-state index in [1.165, 1.54) is 6.92 Å². The number of hydrogen-bond acceptors (Lipinski definition) is 3. The molecule has 3 aromatic carbocycles. The van der Waals surface area contributed by atoms with Crippen molar-refractivity contribution in [2.45, 2.75) is 26.1 Å². The number of rotatable bonds is 9. The van der Waals surface area contributed by atoms with Gasteiger partial charge in [-0.05, 0) is 17.2 Å². The molecule has 32 heavy (non-hydrogen) atoms. The summed E-state index contributed by atoms with van der Waals surface area (Å²) in [5.74, 6) is -0.183. The van der Waals surface area contributed by atoms with E-state index in [1.807, 2.05) is 91.1 Å². The molecule has 2 N–H and O–H groups in total. The van der Waals surface area contributed by atoms with Crippen LogP contribution in [0.5, 0.6) is 0 Å². The van der Waals surface area contributed by atoms with Gasteiger partial charge in [0.05, 0.1) is 6.54 Å². The maximum absolute atomic E-state index is 13.5. The molecule has 0 saturated carbocycles. The minimum atomic E-state index is -0.688. The first-order valence-electron chi connectivity index (χ1n) is 10.8. The van der Waals surface area contributed by atoms with E-state index in [4.69, 9.17) is 0 Å². The molecule has 5 nitrogen and oxygen atoms in total. The van der Waals surface area contributed by atoms with E-state index in [2.05, 4.69) is 10.3 Å². The predicted octanol–water partition coefficient (Wildman–Crippen LogP) is 4.62. The Balaban J connectivity index is 1.63. The number of fused-ring (bicyclic) bond motifs is 1. The maximum Gasteiger partial charge on any atom is 0.220 e. The van der Waals surface area contributed by atoms with Crippen LogP contribution in [0.1, 0.15) is 29.7 Å². The molecule has 0 radical (unpaired) electrons. The second kappa shape index (κ2) is 10.1. The molecular weight excluding hydrogens is 398 g/mol. The van der Waals surface area contributed by atoms with Gasteiger partial charge >= 0.3 is 0 Å². The van der Waals surface area contributed by atoms with Crippen molar-refractivity contribution in [3.8, 4) is 0 Å². The first kappa shape index (κ1) is 21.5. The van der Waals surface area contributed by atoms with Gasteiger partial charge in [0.15, 0.2) is 5.78 Å². The Bertz CT molecular complexity index is 1190. The molecule has 0 bridgehead atoms. The molecule has 0 aliphatic carbocycles. The van der Waals surface area contributed by atoms with Crippen LogP contribution < -0.4 is 5.32 Å². The van der Waals surface area contributed by atoms with Crippen LogP contribution >= 0.6 is 0 Å². The number of hydrogen-bond donors (Lipinski definition) is 2. The molecule has 4 rings (SSSR count). The summed E-state index contributed by atoms with van der Waals surface area (Å²) in [5.41, 5.74) is 3.85. The number of aromatic nitrogens is 1. The predicted molar refractivity (Wildman–Crippen MR) is 127 cm³/mol. The van der Waals surface area contributed by atoms with Gasteiger partial charge in [0.2, 0.25) is 5.91 Å². The Kier molecular flexibility index (Phi) is 6.78. The average molecular weight is 426 g/mol. The quantitative estimate of drug-likeness (QED) is 0.411. The third-order valence-corrected chi connectivity index (χ3v) is 5.60. The minimum Gasteiger partial charge on any atom is -0.361 e. The van der Waals surface area contributed by atoms with Gasteiger partial charge < -0.3 is 15.2 Å². The van der Waals surface area contributed by atoms with Crippen molar-refractivity contribution in [2.24, 2.45) is 0 Å². The maximum atomic E-state index is 13.5. The van der Waals surface area contributed by atoms with Gasteiger partial charge in [-0.25, -0.2) is 0 Å². The van der Waals surface area contributed by atoms with Crippen LogP contribution in [0.4, 0.5) is 0 Å². The van der Waals surface area contributed by atoms with E-state index in [-0.39, 0.29) is 18.2 Å². The largest absolute Gasteiger partial charge is 0.361 e. The molecule has 0 aliphatic rings. The molecule has 0 saturated heterocycles. The smallest absolute Gasteiger partial charge is 0.220 e. The molecule has 1 amide bonds. The SMILES string of the molecule is CC(=O)N(Cc1ccccc1)C(C(=O)CNCc1ccccc1)c1c[nH]c2ccccc12. The van der Waals surface area contributed by atoms with E-state index < -0.39 is 6.04 Å². The first-order chi connectivity index (χ1) is 15.6. The number of Topliss-reactive ketones (excluding diaryl/α,β-unsaturated/α-hetero) is 1. The lowest BCUT2D eigenvalue weighted by Crippen LogP contribution is -2.40. The van der Waals surface area contributed by atoms with E-state index in [0.29, 0.717) is 13.1 Å². The fourth-order valence-electron chi connectivity index (χ4n) is 4.02. The second-order valence-corrected chi connectivity index (χ2v) is 7.88. The van der Waals surface area contributed by atoms with E-state index in [1.54, 1.807) is 4.90 Å². The number of para-hydroxylation sites is 1. The highest BCUT2D eigenvalue weighted by Crippen LogP contribution is 2.30. The molecule has 0 spiro atoms. The van der Waals surface area contributed by atoms with Gasteiger partial charge in [0.1, 0.15) is 6.04 Å². The molecule has 0 aliphatic heterocycles. The van der Waals surface area contributed by atoms with Gasteiger partial charge in [-0.3, -0.25) is 9.59 Å². The summed E-state index contributed by atoms with van der Waals surface area (Å²) in [6, 6.07) is 26.9. The summed E-state index contributed by atoms with van der Waals surface area (Å²) >= 11 is 0. The number of benzene rings is 3. The molecule has 4 aromatic rings. The Morgan fingerprint density at radius 1 is 0.875 bits per heavy atom. The van der Waals surface area contributed by atoms with Crippen LogP contribution in [0, 0.1) is 0 Å². The number of carbonyl (C=O) groups is 2.